The number of rotatable bonds is 1. The predicted octanol–water partition coefficient (Wildman–Crippen LogP) is 2.60. The van der Waals surface area contributed by atoms with Crippen molar-refractivity contribution >= 4 is 11.0 Å². The second kappa shape index (κ2) is 3.45. The average Bonchev–Trinajstić information content (AvgIpc) is 2.99. The quantitative estimate of drug-likeness (QED) is 0.708. The summed E-state index contributed by atoms with van der Waals surface area (Å²) < 4.78 is 2.28. The van der Waals surface area contributed by atoms with E-state index in [-0.39, 0.29) is 0 Å². The zero-order valence-electron chi connectivity index (χ0n) is 10.2. The van der Waals surface area contributed by atoms with Crippen molar-refractivity contribution in [2.45, 2.75) is 25.8 Å². The van der Waals surface area contributed by atoms with Gasteiger partial charge in [0.15, 0.2) is 0 Å². The molecule has 0 aliphatic carbocycles. The standard InChI is InChI=1S/C14H14N4/c1-9-16-12-4-2-10(6-13(12)17-9)14-5-3-11-7-15-8-18(11)14/h2,4,6-8,14H,3,5H2,1H3,(H,16,17)/t14-/m0/s1. The second-order valence-electron chi connectivity index (χ2n) is 4.95. The molecule has 1 aliphatic heterocycles. The molecule has 4 heteroatoms. The van der Waals surface area contributed by atoms with Gasteiger partial charge in [0.2, 0.25) is 0 Å². The molecule has 0 unspecified atom stereocenters. The first kappa shape index (κ1) is 9.88. The minimum atomic E-state index is 0.426. The summed E-state index contributed by atoms with van der Waals surface area (Å²) in [6.07, 6.45) is 6.19. The maximum absolute atomic E-state index is 4.44. The van der Waals surface area contributed by atoms with Crippen LogP contribution in [0.3, 0.4) is 0 Å². The highest BCUT2D eigenvalue weighted by Crippen LogP contribution is 2.32. The van der Waals surface area contributed by atoms with Crippen molar-refractivity contribution in [2.24, 2.45) is 0 Å². The summed E-state index contributed by atoms with van der Waals surface area (Å²) in [5, 5.41) is 0. The summed E-state index contributed by atoms with van der Waals surface area (Å²) in [7, 11) is 0. The van der Waals surface area contributed by atoms with E-state index in [0.717, 1.165) is 29.7 Å². The molecule has 1 atom stereocenters. The number of nitrogens with one attached hydrogen (secondary N) is 1. The molecule has 18 heavy (non-hydrogen) atoms. The van der Waals surface area contributed by atoms with Crippen molar-refractivity contribution in [1.29, 1.82) is 0 Å². The molecule has 2 aromatic heterocycles. The number of benzene rings is 1. The summed E-state index contributed by atoms with van der Waals surface area (Å²) in [4.78, 5) is 12.0. The van der Waals surface area contributed by atoms with Crippen LogP contribution in [0.25, 0.3) is 11.0 Å². The molecular weight excluding hydrogens is 224 g/mol. The molecule has 0 amide bonds. The van der Waals surface area contributed by atoms with E-state index in [4.69, 9.17) is 0 Å². The molecule has 4 rings (SSSR count). The molecule has 1 aliphatic rings. The SMILES string of the molecule is Cc1nc2ccc([C@@H]3CCc4cncn43)cc2[nH]1. The summed E-state index contributed by atoms with van der Waals surface area (Å²) in [5.74, 6) is 0.969. The van der Waals surface area contributed by atoms with Crippen molar-refractivity contribution in [3.05, 3.63) is 47.8 Å². The molecule has 3 aromatic rings. The number of hydrogen-bond donors (Lipinski definition) is 1. The number of hydrogen-bond acceptors (Lipinski definition) is 2. The van der Waals surface area contributed by atoms with E-state index in [1.165, 1.54) is 11.3 Å². The fraction of sp³-hybridized carbons (Fsp3) is 0.286. The highest BCUT2D eigenvalue weighted by atomic mass is 15.1. The number of H-pyrrole nitrogens is 1. The number of aromatic amines is 1. The highest BCUT2D eigenvalue weighted by molar-refractivity contribution is 5.76. The zero-order chi connectivity index (χ0) is 12.1. The van der Waals surface area contributed by atoms with Gasteiger partial charge < -0.3 is 9.55 Å². The topological polar surface area (TPSA) is 46.5 Å². The Morgan fingerprint density at radius 1 is 1.39 bits per heavy atom. The largest absolute Gasteiger partial charge is 0.342 e. The van der Waals surface area contributed by atoms with Crippen LogP contribution in [0.15, 0.2) is 30.7 Å². The smallest absolute Gasteiger partial charge is 0.104 e. The van der Waals surface area contributed by atoms with Crippen LogP contribution in [0.2, 0.25) is 0 Å². The number of aromatic nitrogens is 4. The zero-order valence-corrected chi connectivity index (χ0v) is 10.2. The first-order valence-corrected chi connectivity index (χ1v) is 6.28. The number of imidazole rings is 2. The Balaban J connectivity index is 1.83. The monoisotopic (exact) mass is 238 g/mol. The Morgan fingerprint density at radius 2 is 2.33 bits per heavy atom. The van der Waals surface area contributed by atoms with Gasteiger partial charge in [-0.25, -0.2) is 9.97 Å². The van der Waals surface area contributed by atoms with Crippen molar-refractivity contribution in [3.63, 3.8) is 0 Å². The van der Waals surface area contributed by atoms with Gasteiger partial charge in [-0.15, -0.1) is 0 Å². The third-order valence-electron chi connectivity index (χ3n) is 3.77. The fourth-order valence-corrected chi connectivity index (χ4v) is 2.92. The van der Waals surface area contributed by atoms with Gasteiger partial charge in [-0.1, -0.05) is 6.07 Å². The lowest BCUT2D eigenvalue weighted by molar-refractivity contribution is 0.616. The van der Waals surface area contributed by atoms with Crippen molar-refractivity contribution in [2.75, 3.05) is 0 Å². The number of nitrogens with zero attached hydrogens (tertiary/aromatic N) is 3. The van der Waals surface area contributed by atoms with Crippen LogP contribution in [-0.2, 0) is 6.42 Å². The molecule has 90 valence electrons. The van der Waals surface area contributed by atoms with Crippen LogP contribution in [0.1, 0.15) is 29.5 Å². The summed E-state index contributed by atoms with van der Waals surface area (Å²) in [6.45, 7) is 1.99. The minimum absolute atomic E-state index is 0.426. The first-order valence-electron chi connectivity index (χ1n) is 6.28. The van der Waals surface area contributed by atoms with E-state index >= 15 is 0 Å². The van der Waals surface area contributed by atoms with Gasteiger partial charge >= 0.3 is 0 Å². The maximum atomic E-state index is 4.44. The average molecular weight is 238 g/mol. The Morgan fingerprint density at radius 3 is 3.28 bits per heavy atom. The molecule has 0 saturated carbocycles. The van der Waals surface area contributed by atoms with Crippen LogP contribution in [-0.4, -0.2) is 19.5 Å². The highest BCUT2D eigenvalue weighted by Gasteiger charge is 2.23. The van der Waals surface area contributed by atoms with Crippen molar-refractivity contribution < 1.29 is 0 Å². The van der Waals surface area contributed by atoms with E-state index in [0.29, 0.717) is 6.04 Å². The third-order valence-corrected chi connectivity index (χ3v) is 3.77. The van der Waals surface area contributed by atoms with Crippen LogP contribution >= 0.6 is 0 Å². The van der Waals surface area contributed by atoms with E-state index in [2.05, 4.69) is 37.7 Å². The second-order valence-corrected chi connectivity index (χ2v) is 4.95. The van der Waals surface area contributed by atoms with Gasteiger partial charge in [-0.2, -0.15) is 0 Å². The molecule has 0 saturated heterocycles. The summed E-state index contributed by atoms with van der Waals surface area (Å²) in [6, 6.07) is 6.93. The van der Waals surface area contributed by atoms with Gasteiger partial charge in [-0.05, 0) is 37.5 Å². The lowest BCUT2D eigenvalue weighted by atomic mass is 10.0. The molecule has 1 aromatic carbocycles. The summed E-state index contributed by atoms with van der Waals surface area (Å²) >= 11 is 0. The number of fused-ring (bicyclic) bond motifs is 2. The Kier molecular flexibility index (Phi) is 1.89. The van der Waals surface area contributed by atoms with Gasteiger partial charge in [0.1, 0.15) is 5.82 Å². The molecule has 0 fully saturated rings. The van der Waals surface area contributed by atoms with Crippen LogP contribution < -0.4 is 0 Å². The third kappa shape index (κ3) is 1.32. The fourth-order valence-electron chi connectivity index (χ4n) is 2.92. The molecule has 0 radical (unpaired) electrons. The molecule has 0 spiro atoms. The normalized spacial score (nSPS) is 18.4. The minimum Gasteiger partial charge on any atom is -0.342 e. The molecular formula is C14H14N4. The lowest BCUT2D eigenvalue weighted by Crippen LogP contribution is -2.04. The van der Waals surface area contributed by atoms with Crippen LogP contribution in [0.4, 0.5) is 0 Å². The van der Waals surface area contributed by atoms with E-state index < -0.39 is 0 Å². The maximum Gasteiger partial charge on any atom is 0.104 e. The Bertz CT molecular complexity index is 722. The predicted molar refractivity (Wildman–Crippen MR) is 69.5 cm³/mol. The molecule has 1 N–H and O–H groups in total. The van der Waals surface area contributed by atoms with Crippen LogP contribution in [0.5, 0.6) is 0 Å². The van der Waals surface area contributed by atoms with Crippen LogP contribution in [0, 0.1) is 6.92 Å². The molecule has 3 heterocycles. The number of aryl methyl sites for hydroxylation is 2. The van der Waals surface area contributed by atoms with Gasteiger partial charge in [0.05, 0.1) is 23.4 Å². The Hall–Kier alpha value is -2.10. The summed E-state index contributed by atoms with van der Waals surface area (Å²) in [5.41, 5.74) is 4.84. The Labute approximate surface area is 105 Å². The van der Waals surface area contributed by atoms with Gasteiger partial charge in [-0.3, -0.25) is 0 Å². The molecule has 0 bridgehead atoms. The van der Waals surface area contributed by atoms with E-state index in [1.807, 2.05) is 19.4 Å². The van der Waals surface area contributed by atoms with Crippen molar-refractivity contribution in [1.82, 2.24) is 19.5 Å². The first-order chi connectivity index (χ1) is 8.81. The molecule has 4 nitrogen and oxygen atoms in total. The lowest BCUT2D eigenvalue weighted by Gasteiger charge is -2.13. The van der Waals surface area contributed by atoms with E-state index in [1.54, 1.807) is 0 Å². The van der Waals surface area contributed by atoms with E-state index in [9.17, 15) is 0 Å². The van der Waals surface area contributed by atoms with Crippen molar-refractivity contribution in [3.8, 4) is 0 Å². The van der Waals surface area contributed by atoms with Gasteiger partial charge in [0, 0.05) is 11.9 Å². The van der Waals surface area contributed by atoms with Gasteiger partial charge in [0.25, 0.3) is 0 Å².